The van der Waals surface area contributed by atoms with Crippen molar-refractivity contribution in [1.82, 2.24) is 4.90 Å². The van der Waals surface area contributed by atoms with Crippen LogP contribution in [0.25, 0.3) is 0 Å². The Hall–Kier alpha value is -1.35. The molecule has 0 saturated carbocycles. The quantitative estimate of drug-likeness (QED) is 0.829. The maximum atomic E-state index is 11.2. The monoisotopic (exact) mass is 246 g/mol. The summed E-state index contributed by atoms with van der Waals surface area (Å²) in [5, 5.41) is 3.47. The topological polar surface area (TPSA) is 32.3 Å². The van der Waals surface area contributed by atoms with Crippen LogP contribution in [0.5, 0.6) is 0 Å². The van der Waals surface area contributed by atoms with Gasteiger partial charge >= 0.3 is 0 Å². The molecule has 1 saturated heterocycles. The van der Waals surface area contributed by atoms with Gasteiger partial charge in [-0.05, 0) is 70.1 Å². The third kappa shape index (κ3) is 3.57. The molecule has 1 heterocycles. The molecule has 98 valence electrons. The Kier molecular flexibility index (Phi) is 4.37. The maximum absolute atomic E-state index is 11.2. The van der Waals surface area contributed by atoms with Crippen LogP contribution in [0.4, 0.5) is 5.69 Å². The molecule has 0 radical (unpaired) electrons. The van der Waals surface area contributed by atoms with Crippen molar-refractivity contribution < 1.29 is 4.79 Å². The first-order valence-corrected chi connectivity index (χ1v) is 6.68. The molecule has 1 aromatic carbocycles. The number of anilines is 1. The Labute approximate surface area is 109 Å². The Morgan fingerprint density at radius 1 is 1.28 bits per heavy atom. The van der Waals surface area contributed by atoms with Gasteiger partial charge in [0.25, 0.3) is 0 Å². The van der Waals surface area contributed by atoms with Crippen LogP contribution in [0.3, 0.4) is 0 Å². The van der Waals surface area contributed by atoms with Crippen LogP contribution in [0.1, 0.15) is 30.1 Å². The molecule has 0 aliphatic carbocycles. The fourth-order valence-electron chi connectivity index (χ4n) is 2.35. The van der Waals surface area contributed by atoms with Crippen LogP contribution in [-0.4, -0.2) is 37.4 Å². The van der Waals surface area contributed by atoms with E-state index in [4.69, 9.17) is 0 Å². The van der Waals surface area contributed by atoms with Gasteiger partial charge in [-0.15, -0.1) is 0 Å². The van der Waals surface area contributed by atoms with Gasteiger partial charge in [-0.3, -0.25) is 4.79 Å². The molecule has 3 heteroatoms. The second-order valence-corrected chi connectivity index (χ2v) is 5.26. The molecule has 18 heavy (non-hydrogen) atoms. The zero-order valence-corrected chi connectivity index (χ0v) is 11.3. The molecule has 3 nitrogen and oxygen atoms in total. The summed E-state index contributed by atoms with van der Waals surface area (Å²) in [4.78, 5) is 13.6. The first-order chi connectivity index (χ1) is 8.65. The number of carbonyl (C=O) groups is 1. The first kappa shape index (κ1) is 13.1. The Balaban J connectivity index is 1.81. The van der Waals surface area contributed by atoms with Gasteiger partial charge in [0.1, 0.15) is 0 Å². The second kappa shape index (κ2) is 6.01. The fraction of sp³-hybridized carbons (Fsp3) is 0.533. The lowest BCUT2D eigenvalue weighted by atomic mass is 9.97. The third-order valence-electron chi connectivity index (χ3n) is 3.72. The number of nitrogens with zero attached hydrogens (tertiary/aromatic N) is 1. The van der Waals surface area contributed by atoms with Crippen LogP contribution < -0.4 is 5.32 Å². The molecule has 1 aliphatic heterocycles. The molecule has 0 bridgehead atoms. The second-order valence-electron chi connectivity index (χ2n) is 5.26. The van der Waals surface area contributed by atoms with Crippen LogP contribution in [0.15, 0.2) is 24.3 Å². The number of nitrogens with one attached hydrogen (secondary N) is 1. The number of piperidine rings is 1. The summed E-state index contributed by atoms with van der Waals surface area (Å²) < 4.78 is 0. The molecule has 1 fully saturated rings. The zero-order valence-electron chi connectivity index (χ0n) is 11.3. The lowest BCUT2D eigenvalue weighted by Crippen LogP contribution is -2.32. The molecule has 0 amide bonds. The average Bonchev–Trinajstić information content (AvgIpc) is 2.38. The first-order valence-electron chi connectivity index (χ1n) is 6.68. The van der Waals surface area contributed by atoms with E-state index < -0.39 is 0 Å². The van der Waals surface area contributed by atoms with E-state index in [-0.39, 0.29) is 5.78 Å². The van der Waals surface area contributed by atoms with Gasteiger partial charge < -0.3 is 10.2 Å². The number of hydrogen-bond acceptors (Lipinski definition) is 3. The van der Waals surface area contributed by atoms with Gasteiger partial charge in [-0.1, -0.05) is 0 Å². The lowest BCUT2D eigenvalue weighted by Gasteiger charge is -2.29. The number of Topliss-reactive ketones (excluding diaryl/α,β-unsaturated/α-hetero) is 1. The van der Waals surface area contributed by atoms with E-state index in [0.29, 0.717) is 0 Å². The molecule has 1 aromatic rings. The van der Waals surface area contributed by atoms with Crippen LogP contribution >= 0.6 is 0 Å². The van der Waals surface area contributed by atoms with Crippen molar-refractivity contribution in [3.8, 4) is 0 Å². The lowest BCUT2D eigenvalue weighted by molar-refractivity contribution is 0.101. The highest BCUT2D eigenvalue weighted by molar-refractivity contribution is 5.94. The fourth-order valence-corrected chi connectivity index (χ4v) is 2.35. The summed E-state index contributed by atoms with van der Waals surface area (Å²) >= 11 is 0. The number of benzene rings is 1. The SMILES string of the molecule is CC(=O)c1ccc(NCC2CCN(C)CC2)cc1. The maximum Gasteiger partial charge on any atom is 0.159 e. The minimum Gasteiger partial charge on any atom is -0.385 e. The standard InChI is InChI=1S/C15H22N2O/c1-12(18)14-3-5-15(6-4-14)16-11-13-7-9-17(2)10-8-13/h3-6,13,16H,7-11H2,1-2H3. The van der Waals surface area contributed by atoms with Crippen LogP contribution in [0, 0.1) is 5.92 Å². The van der Waals surface area contributed by atoms with Crippen LogP contribution in [-0.2, 0) is 0 Å². The van der Waals surface area contributed by atoms with Gasteiger partial charge in [-0.2, -0.15) is 0 Å². The molecular weight excluding hydrogens is 224 g/mol. The van der Waals surface area contributed by atoms with Crippen molar-refractivity contribution in [3.63, 3.8) is 0 Å². The summed E-state index contributed by atoms with van der Waals surface area (Å²) in [6, 6.07) is 7.76. The van der Waals surface area contributed by atoms with E-state index in [2.05, 4.69) is 17.3 Å². The summed E-state index contributed by atoms with van der Waals surface area (Å²) in [6.45, 7) is 5.04. The summed E-state index contributed by atoms with van der Waals surface area (Å²) in [5.74, 6) is 0.894. The Bertz CT molecular complexity index is 391. The molecule has 0 unspecified atom stereocenters. The Morgan fingerprint density at radius 3 is 2.44 bits per heavy atom. The molecule has 0 atom stereocenters. The van der Waals surface area contributed by atoms with Gasteiger partial charge in [0.05, 0.1) is 0 Å². The van der Waals surface area contributed by atoms with E-state index in [1.165, 1.54) is 25.9 Å². The van der Waals surface area contributed by atoms with Crippen molar-refractivity contribution in [2.75, 3.05) is 32.0 Å². The molecule has 0 spiro atoms. The van der Waals surface area contributed by atoms with E-state index in [0.717, 1.165) is 23.7 Å². The number of ketones is 1. The molecule has 1 aliphatic rings. The van der Waals surface area contributed by atoms with Gasteiger partial charge in [-0.25, -0.2) is 0 Å². The van der Waals surface area contributed by atoms with Crippen molar-refractivity contribution in [3.05, 3.63) is 29.8 Å². The van der Waals surface area contributed by atoms with E-state index >= 15 is 0 Å². The highest BCUT2D eigenvalue weighted by Crippen LogP contribution is 2.17. The Morgan fingerprint density at radius 2 is 1.89 bits per heavy atom. The minimum absolute atomic E-state index is 0.122. The van der Waals surface area contributed by atoms with Crippen molar-refractivity contribution in [2.45, 2.75) is 19.8 Å². The highest BCUT2D eigenvalue weighted by atomic mass is 16.1. The number of likely N-dealkylation sites (tertiary alicyclic amines) is 1. The molecular formula is C15H22N2O. The van der Waals surface area contributed by atoms with E-state index in [1.54, 1.807) is 6.92 Å². The van der Waals surface area contributed by atoms with Crippen LogP contribution in [0.2, 0.25) is 0 Å². The number of rotatable bonds is 4. The van der Waals surface area contributed by atoms with Gasteiger partial charge in [0.2, 0.25) is 0 Å². The number of hydrogen-bond donors (Lipinski definition) is 1. The third-order valence-corrected chi connectivity index (χ3v) is 3.72. The van der Waals surface area contributed by atoms with Gasteiger partial charge in [0, 0.05) is 17.8 Å². The smallest absolute Gasteiger partial charge is 0.159 e. The largest absolute Gasteiger partial charge is 0.385 e. The predicted octanol–water partition coefficient (Wildman–Crippen LogP) is 2.64. The summed E-state index contributed by atoms with van der Waals surface area (Å²) in [6.07, 6.45) is 2.55. The minimum atomic E-state index is 0.122. The van der Waals surface area contributed by atoms with Gasteiger partial charge in [0.15, 0.2) is 5.78 Å². The summed E-state index contributed by atoms with van der Waals surface area (Å²) in [5.41, 5.74) is 1.89. The van der Waals surface area contributed by atoms with E-state index in [9.17, 15) is 4.79 Å². The molecule has 2 rings (SSSR count). The average molecular weight is 246 g/mol. The van der Waals surface area contributed by atoms with Crippen molar-refractivity contribution >= 4 is 11.5 Å². The molecule has 1 N–H and O–H groups in total. The zero-order chi connectivity index (χ0) is 13.0. The summed E-state index contributed by atoms with van der Waals surface area (Å²) in [7, 11) is 2.18. The van der Waals surface area contributed by atoms with Crippen molar-refractivity contribution in [2.24, 2.45) is 5.92 Å². The van der Waals surface area contributed by atoms with Crippen molar-refractivity contribution in [1.29, 1.82) is 0 Å². The van der Waals surface area contributed by atoms with E-state index in [1.807, 2.05) is 24.3 Å². The predicted molar refractivity (Wildman–Crippen MR) is 75.2 cm³/mol. The normalized spacial score (nSPS) is 17.7. The molecule has 0 aromatic heterocycles. The number of carbonyl (C=O) groups excluding carboxylic acids is 1. The highest BCUT2D eigenvalue weighted by Gasteiger charge is 2.15.